The molecule has 0 radical (unpaired) electrons. The lowest BCUT2D eigenvalue weighted by molar-refractivity contribution is 1.30. The highest BCUT2D eigenvalue weighted by atomic mass is 35.5. The van der Waals surface area contributed by atoms with Gasteiger partial charge in [-0.2, -0.15) is 0 Å². The minimum atomic E-state index is -0.544. The molecule has 1 rings (SSSR count). The maximum absolute atomic E-state index is 7.56. The van der Waals surface area contributed by atoms with Gasteiger partial charge in [-0.15, -0.1) is 0 Å². The van der Waals surface area contributed by atoms with Crippen molar-refractivity contribution in [1.29, 1.82) is 5.41 Å². The van der Waals surface area contributed by atoms with Crippen LogP contribution in [0.15, 0.2) is 30.3 Å². The van der Waals surface area contributed by atoms with Crippen LogP contribution in [0.25, 0.3) is 0 Å². The molecule has 0 aliphatic rings. The Labute approximate surface area is 80.6 Å². The van der Waals surface area contributed by atoms with Crippen LogP contribution in [0.5, 0.6) is 0 Å². The second-order valence-electron chi connectivity index (χ2n) is 2.16. The number of benzene rings is 1. The third-order valence-corrected chi connectivity index (χ3v) is 2.23. The van der Waals surface area contributed by atoms with E-state index >= 15 is 0 Å². The number of rotatable bonds is 2. The quantitative estimate of drug-likeness (QED) is 0.253. The summed E-state index contributed by atoms with van der Waals surface area (Å²) < 4.78 is 0. The third-order valence-electron chi connectivity index (χ3n) is 1.27. The molecule has 0 amide bonds. The van der Waals surface area contributed by atoms with Crippen molar-refractivity contribution in [2.75, 3.05) is 0 Å². The molecule has 12 heavy (non-hydrogen) atoms. The highest BCUT2D eigenvalue weighted by molar-refractivity contribution is 8.15. The molecule has 0 spiro atoms. The molecule has 3 N–H and O–H groups in total. The van der Waals surface area contributed by atoms with E-state index in [9.17, 15) is 0 Å². The SMILES string of the molecule is N=C(SC(N)Cl)c1ccccc1. The molecule has 64 valence electrons. The molecule has 2 nitrogen and oxygen atoms in total. The van der Waals surface area contributed by atoms with Crippen molar-refractivity contribution in [1.82, 2.24) is 0 Å². The van der Waals surface area contributed by atoms with Crippen LogP contribution in [-0.2, 0) is 0 Å². The van der Waals surface area contributed by atoms with Gasteiger partial charge in [0.2, 0.25) is 0 Å². The average molecular weight is 201 g/mol. The average Bonchev–Trinajstić information content (AvgIpc) is 2.05. The zero-order chi connectivity index (χ0) is 8.97. The van der Waals surface area contributed by atoms with Crippen molar-refractivity contribution in [3.05, 3.63) is 35.9 Å². The van der Waals surface area contributed by atoms with E-state index in [0.29, 0.717) is 5.04 Å². The van der Waals surface area contributed by atoms with Gasteiger partial charge in [0, 0.05) is 5.56 Å². The van der Waals surface area contributed by atoms with Crippen molar-refractivity contribution < 1.29 is 0 Å². The summed E-state index contributed by atoms with van der Waals surface area (Å²) in [7, 11) is 0. The fraction of sp³-hybridized carbons (Fsp3) is 0.125. The summed E-state index contributed by atoms with van der Waals surface area (Å²) in [5.41, 5.74) is 6.16. The Morgan fingerprint density at radius 1 is 1.42 bits per heavy atom. The molecular weight excluding hydrogens is 192 g/mol. The van der Waals surface area contributed by atoms with Crippen LogP contribution >= 0.6 is 23.4 Å². The molecule has 0 heterocycles. The van der Waals surface area contributed by atoms with Gasteiger partial charge >= 0.3 is 0 Å². The number of nitrogens with one attached hydrogen (secondary N) is 1. The van der Waals surface area contributed by atoms with Crippen LogP contribution in [0.3, 0.4) is 0 Å². The van der Waals surface area contributed by atoms with E-state index in [1.807, 2.05) is 30.3 Å². The lowest BCUT2D eigenvalue weighted by Gasteiger charge is -2.03. The van der Waals surface area contributed by atoms with E-state index in [-0.39, 0.29) is 0 Å². The highest BCUT2D eigenvalue weighted by Crippen LogP contribution is 2.16. The molecule has 0 saturated heterocycles. The Bertz CT molecular complexity index is 261. The first kappa shape index (κ1) is 9.58. The summed E-state index contributed by atoms with van der Waals surface area (Å²) in [6, 6.07) is 9.37. The van der Waals surface area contributed by atoms with E-state index in [1.54, 1.807) is 0 Å². The van der Waals surface area contributed by atoms with Gasteiger partial charge in [-0.1, -0.05) is 53.7 Å². The molecule has 0 aliphatic heterocycles. The van der Waals surface area contributed by atoms with Crippen LogP contribution in [0.4, 0.5) is 0 Å². The van der Waals surface area contributed by atoms with E-state index < -0.39 is 4.83 Å². The Hall–Kier alpha value is -0.510. The van der Waals surface area contributed by atoms with Crippen molar-refractivity contribution in [3.63, 3.8) is 0 Å². The lowest BCUT2D eigenvalue weighted by atomic mass is 10.2. The number of alkyl halides is 1. The van der Waals surface area contributed by atoms with Gasteiger partial charge in [0.1, 0.15) is 4.83 Å². The van der Waals surface area contributed by atoms with Gasteiger partial charge in [-0.05, 0) is 0 Å². The molecule has 1 unspecified atom stereocenters. The molecule has 0 saturated carbocycles. The van der Waals surface area contributed by atoms with Crippen LogP contribution in [0, 0.1) is 5.41 Å². The first-order chi connectivity index (χ1) is 5.70. The van der Waals surface area contributed by atoms with Crippen molar-refractivity contribution in [2.45, 2.75) is 4.83 Å². The number of nitrogens with two attached hydrogens (primary N) is 1. The summed E-state index contributed by atoms with van der Waals surface area (Å²) >= 11 is 6.66. The summed E-state index contributed by atoms with van der Waals surface area (Å²) in [4.78, 5) is -0.544. The van der Waals surface area contributed by atoms with Crippen molar-refractivity contribution >= 4 is 28.4 Å². The molecule has 4 heteroatoms. The number of hydrogen-bond acceptors (Lipinski definition) is 3. The fourth-order valence-corrected chi connectivity index (χ4v) is 1.53. The van der Waals surface area contributed by atoms with Crippen LogP contribution in [0.1, 0.15) is 5.56 Å². The lowest BCUT2D eigenvalue weighted by Crippen LogP contribution is -2.09. The monoisotopic (exact) mass is 200 g/mol. The second-order valence-corrected chi connectivity index (χ2v) is 4.04. The Morgan fingerprint density at radius 2 is 2.00 bits per heavy atom. The van der Waals surface area contributed by atoms with Crippen molar-refractivity contribution in [2.24, 2.45) is 5.73 Å². The van der Waals surface area contributed by atoms with Crippen LogP contribution in [-0.4, -0.2) is 9.88 Å². The summed E-state index contributed by atoms with van der Waals surface area (Å²) in [5.74, 6) is 0. The van der Waals surface area contributed by atoms with Gasteiger partial charge in [0.05, 0.1) is 5.04 Å². The first-order valence-electron chi connectivity index (χ1n) is 3.40. The van der Waals surface area contributed by atoms with Crippen LogP contribution < -0.4 is 5.73 Å². The van der Waals surface area contributed by atoms with E-state index in [1.165, 1.54) is 0 Å². The smallest absolute Gasteiger partial charge is 0.133 e. The van der Waals surface area contributed by atoms with E-state index in [4.69, 9.17) is 22.7 Å². The molecule has 0 aliphatic carbocycles. The van der Waals surface area contributed by atoms with Gasteiger partial charge in [0.25, 0.3) is 0 Å². The largest absolute Gasteiger partial charge is 0.307 e. The highest BCUT2D eigenvalue weighted by Gasteiger charge is 2.04. The summed E-state index contributed by atoms with van der Waals surface area (Å²) in [6.07, 6.45) is 0. The van der Waals surface area contributed by atoms with E-state index in [2.05, 4.69) is 0 Å². The minimum Gasteiger partial charge on any atom is -0.307 e. The predicted molar refractivity (Wildman–Crippen MR) is 54.7 cm³/mol. The molecule has 0 fully saturated rings. The maximum Gasteiger partial charge on any atom is 0.133 e. The molecule has 1 aromatic carbocycles. The second kappa shape index (κ2) is 4.50. The minimum absolute atomic E-state index is 0.401. The van der Waals surface area contributed by atoms with Gasteiger partial charge in [0.15, 0.2) is 0 Å². The standard InChI is InChI=1S/C8H9ClN2S/c9-8(11)12-7(10)6-4-2-1-3-5-6/h1-5,8,10H,11H2. The van der Waals surface area contributed by atoms with Gasteiger partial charge in [-0.25, -0.2) is 0 Å². The zero-order valence-electron chi connectivity index (χ0n) is 6.33. The number of hydrogen-bond donors (Lipinski definition) is 2. The predicted octanol–water partition coefficient (Wildman–Crippen LogP) is 2.23. The molecule has 0 bridgehead atoms. The Morgan fingerprint density at radius 3 is 2.50 bits per heavy atom. The normalized spacial score (nSPS) is 12.5. The summed E-state index contributed by atoms with van der Waals surface area (Å²) in [6.45, 7) is 0. The number of thioether (sulfide) groups is 1. The van der Waals surface area contributed by atoms with Gasteiger partial charge in [-0.3, -0.25) is 5.41 Å². The first-order valence-corrected chi connectivity index (χ1v) is 4.72. The Kier molecular flexibility index (Phi) is 3.59. The Balaban J connectivity index is 2.66. The van der Waals surface area contributed by atoms with Crippen molar-refractivity contribution in [3.8, 4) is 0 Å². The fourth-order valence-electron chi connectivity index (χ4n) is 0.770. The third kappa shape index (κ3) is 2.85. The maximum atomic E-state index is 7.56. The number of halogens is 1. The molecular formula is C8H9ClN2S. The van der Waals surface area contributed by atoms with Gasteiger partial charge < -0.3 is 5.73 Å². The molecule has 1 atom stereocenters. The molecule has 1 aromatic rings. The zero-order valence-corrected chi connectivity index (χ0v) is 7.90. The van der Waals surface area contributed by atoms with Crippen LogP contribution in [0.2, 0.25) is 0 Å². The summed E-state index contributed by atoms with van der Waals surface area (Å²) in [5, 5.41) is 7.96. The van der Waals surface area contributed by atoms with E-state index in [0.717, 1.165) is 17.3 Å². The topological polar surface area (TPSA) is 49.9 Å². The molecule has 0 aromatic heterocycles.